The van der Waals surface area contributed by atoms with Crippen LogP contribution in [0.3, 0.4) is 0 Å². The van der Waals surface area contributed by atoms with Gasteiger partial charge in [-0.25, -0.2) is 0 Å². The number of hydrogen-bond acceptors (Lipinski definition) is 3. The van der Waals surface area contributed by atoms with Crippen LogP contribution < -0.4 is 0 Å². The molecule has 5 heteroatoms. The average Bonchev–Trinajstić information content (AvgIpc) is 3.13. The van der Waals surface area contributed by atoms with Crippen molar-refractivity contribution in [1.82, 2.24) is 4.98 Å². The zero-order valence-corrected chi connectivity index (χ0v) is 17.1. The maximum absolute atomic E-state index is 13.4. The van der Waals surface area contributed by atoms with Crippen LogP contribution in [0, 0.1) is 0 Å². The molecule has 2 aromatic heterocycles. The Morgan fingerprint density at radius 3 is 2.59 bits per heavy atom. The van der Waals surface area contributed by atoms with Crippen molar-refractivity contribution in [3.05, 3.63) is 74.2 Å². The quantitative estimate of drug-likeness (QED) is 0.415. The van der Waals surface area contributed by atoms with E-state index in [1.54, 1.807) is 35.9 Å². The number of aromatic nitrogens is 1. The number of pyridine rings is 1. The Balaban J connectivity index is 1.86. The number of hydrogen-bond donors (Lipinski definition) is 0. The lowest BCUT2D eigenvalue weighted by Crippen LogP contribution is -2.10. The van der Waals surface area contributed by atoms with E-state index in [1.807, 2.05) is 18.2 Å². The Kier molecular flexibility index (Phi) is 5.63. The number of halogens is 2. The zero-order chi connectivity index (χ0) is 18.8. The monoisotopic (exact) mass is 415 g/mol. The Morgan fingerprint density at radius 2 is 1.89 bits per heavy atom. The lowest BCUT2D eigenvalue weighted by atomic mass is 9.84. The minimum absolute atomic E-state index is 0.0194. The van der Waals surface area contributed by atoms with E-state index in [2.05, 4.69) is 10.4 Å². The van der Waals surface area contributed by atoms with E-state index in [-0.39, 0.29) is 5.78 Å². The molecule has 2 nitrogen and oxygen atoms in total. The SMILES string of the molecule is O=C(c1cccnc1)c1c(-c2ccc(Cl)cc2Cl)csc1C1CCCCC1. The third kappa shape index (κ3) is 3.82. The Morgan fingerprint density at radius 1 is 1.07 bits per heavy atom. The van der Waals surface area contributed by atoms with E-state index in [0.29, 0.717) is 21.5 Å². The predicted molar refractivity (Wildman–Crippen MR) is 113 cm³/mol. The van der Waals surface area contributed by atoms with Gasteiger partial charge in [0.05, 0.1) is 0 Å². The van der Waals surface area contributed by atoms with Gasteiger partial charge in [0.15, 0.2) is 5.78 Å². The van der Waals surface area contributed by atoms with Crippen molar-refractivity contribution in [2.24, 2.45) is 0 Å². The molecule has 0 bridgehead atoms. The molecule has 2 heterocycles. The van der Waals surface area contributed by atoms with E-state index in [9.17, 15) is 4.79 Å². The smallest absolute Gasteiger partial charge is 0.196 e. The van der Waals surface area contributed by atoms with Crippen molar-refractivity contribution >= 4 is 40.3 Å². The number of nitrogens with zero attached hydrogens (tertiary/aromatic N) is 1. The summed E-state index contributed by atoms with van der Waals surface area (Å²) in [5.41, 5.74) is 3.14. The van der Waals surface area contributed by atoms with Crippen LogP contribution in [0.4, 0.5) is 0 Å². The van der Waals surface area contributed by atoms with Gasteiger partial charge in [0.2, 0.25) is 0 Å². The van der Waals surface area contributed by atoms with Gasteiger partial charge in [0.1, 0.15) is 0 Å². The van der Waals surface area contributed by atoms with Crippen molar-refractivity contribution in [2.75, 3.05) is 0 Å². The molecule has 0 unspecified atom stereocenters. The minimum atomic E-state index is 0.0194. The van der Waals surface area contributed by atoms with Crippen molar-refractivity contribution in [3.63, 3.8) is 0 Å². The molecule has 0 N–H and O–H groups in total. The zero-order valence-electron chi connectivity index (χ0n) is 14.8. The van der Waals surface area contributed by atoms with Gasteiger partial charge in [0, 0.05) is 49.6 Å². The maximum Gasteiger partial charge on any atom is 0.196 e. The highest BCUT2D eigenvalue weighted by molar-refractivity contribution is 7.11. The number of rotatable bonds is 4. The van der Waals surface area contributed by atoms with Gasteiger partial charge in [-0.2, -0.15) is 0 Å². The fourth-order valence-electron chi connectivity index (χ4n) is 3.82. The topological polar surface area (TPSA) is 30.0 Å². The Bertz CT molecular complexity index is 962. The first-order valence-corrected chi connectivity index (χ1v) is 10.8. The number of carbonyl (C=O) groups excluding carboxylic acids is 1. The van der Waals surface area contributed by atoms with E-state index >= 15 is 0 Å². The molecule has 0 radical (unpaired) electrons. The Labute approximate surface area is 173 Å². The van der Waals surface area contributed by atoms with Crippen molar-refractivity contribution in [2.45, 2.75) is 38.0 Å². The van der Waals surface area contributed by atoms with Crippen LogP contribution >= 0.6 is 34.5 Å². The van der Waals surface area contributed by atoms with Crippen LogP contribution in [-0.4, -0.2) is 10.8 Å². The first-order chi connectivity index (χ1) is 13.1. The second-order valence-corrected chi connectivity index (χ2v) is 8.67. The molecule has 138 valence electrons. The van der Waals surface area contributed by atoms with Gasteiger partial charge < -0.3 is 0 Å². The summed E-state index contributed by atoms with van der Waals surface area (Å²) in [6.45, 7) is 0. The lowest BCUT2D eigenvalue weighted by Gasteiger charge is -2.22. The minimum Gasteiger partial charge on any atom is -0.288 e. The molecule has 0 atom stereocenters. The summed E-state index contributed by atoms with van der Waals surface area (Å²) in [7, 11) is 0. The summed E-state index contributed by atoms with van der Waals surface area (Å²) in [6.07, 6.45) is 9.33. The standard InChI is InChI=1S/C22H19Cl2NOS/c23-16-8-9-17(19(24)11-16)18-13-27-22(14-5-2-1-3-6-14)20(18)21(26)15-7-4-10-25-12-15/h4,7-14H,1-3,5-6H2. The lowest BCUT2D eigenvalue weighted by molar-refractivity contribution is 0.103. The number of benzene rings is 1. The van der Waals surface area contributed by atoms with Crippen molar-refractivity contribution < 1.29 is 4.79 Å². The number of carbonyl (C=O) groups is 1. The van der Waals surface area contributed by atoms with Gasteiger partial charge in [-0.05, 0) is 48.4 Å². The third-order valence-electron chi connectivity index (χ3n) is 5.17. The molecule has 1 aliphatic rings. The molecule has 0 amide bonds. The van der Waals surface area contributed by atoms with Gasteiger partial charge in [-0.15, -0.1) is 11.3 Å². The molecule has 1 saturated carbocycles. The molecular formula is C22H19Cl2NOS. The van der Waals surface area contributed by atoms with E-state index < -0.39 is 0 Å². The van der Waals surface area contributed by atoms with Crippen LogP contribution in [0.5, 0.6) is 0 Å². The normalized spacial score (nSPS) is 15.0. The van der Waals surface area contributed by atoms with Crippen LogP contribution in [-0.2, 0) is 0 Å². The number of ketones is 1. The molecule has 0 aliphatic heterocycles. The molecule has 27 heavy (non-hydrogen) atoms. The predicted octanol–water partition coefficient (Wildman–Crippen LogP) is 7.40. The average molecular weight is 416 g/mol. The third-order valence-corrected chi connectivity index (χ3v) is 6.86. The summed E-state index contributed by atoms with van der Waals surface area (Å²) in [5.74, 6) is 0.463. The highest BCUT2D eigenvalue weighted by atomic mass is 35.5. The maximum atomic E-state index is 13.4. The second-order valence-electron chi connectivity index (χ2n) is 6.92. The molecule has 1 aromatic carbocycles. The summed E-state index contributed by atoms with van der Waals surface area (Å²) in [5, 5.41) is 3.23. The summed E-state index contributed by atoms with van der Waals surface area (Å²) in [4.78, 5) is 18.8. The fourth-order valence-corrected chi connectivity index (χ4v) is 5.57. The summed E-state index contributed by atoms with van der Waals surface area (Å²) in [6, 6.07) is 9.07. The van der Waals surface area contributed by atoms with Gasteiger partial charge in [0.25, 0.3) is 0 Å². The second kappa shape index (κ2) is 8.14. The summed E-state index contributed by atoms with van der Waals surface area (Å²) < 4.78 is 0. The Hall–Kier alpha value is -1.68. The largest absolute Gasteiger partial charge is 0.288 e. The van der Waals surface area contributed by atoms with Gasteiger partial charge >= 0.3 is 0 Å². The van der Waals surface area contributed by atoms with E-state index in [0.717, 1.165) is 29.5 Å². The van der Waals surface area contributed by atoms with Crippen LogP contribution in [0.25, 0.3) is 11.1 Å². The van der Waals surface area contributed by atoms with Gasteiger partial charge in [-0.1, -0.05) is 48.5 Å². The van der Waals surface area contributed by atoms with Gasteiger partial charge in [-0.3, -0.25) is 9.78 Å². The van der Waals surface area contributed by atoms with E-state index in [1.165, 1.54) is 24.1 Å². The fraction of sp³-hybridized carbons (Fsp3) is 0.273. The van der Waals surface area contributed by atoms with Crippen molar-refractivity contribution in [1.29, 1.82) is 0 Å². The van der Waals surface area contributed by atoms with Crippen LogP contribution in [0.1, 0.15) is 58.8 Å². The first-order valence-electron chi connectivity index (χ1n) is 9.16. The summed E-state index contributed by atoms with van der Waals surface area (Å²) >= 11 is 14.2. The molecule has 3 aromatic rings. The number of thiophene rings is 1. The molecule has 0 saturated heterocycles. The highest BCUT2D eigenvalue weighted by Crippen LogP contribution is 2.44. The van der Waals surface area contributed by atoms with Crippen LogP contribution in [0.2, 0.25) is 10.0 Å². The van der Waals surface area contributed by atoms with E-state index in [4.69, 9.17) is 23.2 Å². The highest BCUT2D eigenvalue weighted by Gasteiger charge is 2.28. The molecule has 1 aliphatic carbocycles. The molecule has 4 rings (SSSR count). The molecule has 0 spiro atoms. The molecule has 1 fully saturated rings. The molecular weight excluding hydrogens is 397 g/mol. The van der Waals surface area contributed by atoms with Crippen molar-refractivity contribution in [3.8, 4) is 11.1 Å². The van der Waals surface area contributed by atoms with Crippen LogP contribution in [0.15, 0.2) is 48.1 Å². The first kappa shape index (κ1) is 18.7.